The molecule has 1 heterocycles. The number of hydrogen-bond donors (Lipinski definition) is 1. The Labute approximate surface area is 144 Å². The van der Waals surface area contributed by atoms with E-state index in [9.17, 15) is 4.79 Å². The number of benzene rings is 2. The lowest BCUT2D eigenvalue weighted by molar-refractivity contribution is 0.102. The van der Waals surface area contributed by atoms with E-state index in [0.29, 0.717) is 22.3 Å². The maximum Gasteiger partial charge on any atom is 0.257 e. The summed E-state index contributed by atoms with van der Waals surface area (Å²) >= 11 is 1.30. The summed E-state index contributed by atoms with van der Waals surface area (Å²) in [5.41, 5.74) is 2.99. The molecule has 0 aliphatic heterocycles. The molecule has 0 aliphatic carbocycles. The molecule has 0 spiro atoms. The lowest BCUT2D eigenvalue weighted by Gasteiger charge is -2.06. The molecule has 0 fully saturated rings. The van der Waals surface area contributed by atoms with Gasteiger partial charge in [0.2, 0.25) is 5.13 Å². The van der Waals surface area contributed by atoms with E-state index in [2.05, 4.69) is 22.4 Å². The number of nitrogens with zero attached hydrogens (tertiary/aromatic N) is 2. The van der Waals surface area contributed by atoms with Gasteiger partial charge in [0.25, 0.3) is 5.91 Å². The molecule has 2 aromatic carbocycles. The van der Waals surface area contributed by atoms with Gasteiger partial charge in [-0.3, -0.25) is 10.1 Å². The van der Waals surface area contributed by atoms with E-state index in [0.717, 1.165) is 5.75 Å². The van der Waals surface area contributed by atoms with E-state index >= 15 is 0 Å². The quantitative estimate of drug-likeness (QED) is 0.763. The summed E-state index contributed by atoms with van der Waals surface area (Å²) in [6, 6.07) is 15.0. The molecule has 3 aromatic rings. The molecule has 6 heteroatoms. The summed E-state index contributed by atoms with van der Waals surface area (Å²) in [6.45, 7) is 4.43. The first-order valence-electron chi connectivity index (χ1n) is 7.50. The summed E-state index contributed by atoms with van der Waals surface area (Å²) in [5, 5.41) is 11.9. The Balaban J connectivity index is 1.59. The summed E-state index contributed by atoms with van der Waals surface area (Å²) < 4.78 is 5.73. The van der Waals surface area contributed by atoms with Gasteiger partial charge in [-0.25, -0.2) is 0 Å². The van der Waals surface area contributed by atoms with Gasteiger partial charge < -0.3 is 4.74 Å². The normalized spacial score (nSPS) is 10.4. The minimum absolute atomic E-state index is 0.201. The van der Waals surface area contributed by atoms with Crippen molar-refractivity contribution in [1.29, 1.82) is 0 Å². The van der Waals surface area contributed by atoms with Crippen LogP contribution in [0.5, 0.6) is 5.75 Å². The second-order valence-electron chi connectivity index (χ2n) is 5.36. The van der Waals surface area contributed by atoms with Gasteiger partial charge in [0, 0.05) is 5.56 Å². The summed E-state index contributed by atoms with van der Waals surface area (Å²) in [6.07, 6.45) is 0. The van der Waals surface area contributed by atoms with Gasteiger partial charge in [-0.15, -0.1) is 10.2 Å². The summed E-state index contributed by atoms with van der Waals surface area (Å²) in [7, 11) is 0. The first-order valence-corrected chi connectivity index (χ1v) is 8.32. The largest absolute Gasteiger partial charge is 0.486 e. The van der Waals surface area contributed by atoms with Gasteiger partial charge in [0.05, 0.1) is 0 Å². The number of carbonyl (C=O) groups excluding carboxylic acids is 1. The van der Waals surface area contributed by atoms with E-state index in [-0.39, 0.29) is 5.91 Å². The van der Waals surface area contributed by atoms with Crippen LogP contribution in [-0.2, 0) is 6.61 Å². The molecule has 122 valence electrons. The fourth-order valence-corrected chi connectivity index (χ4v) is 2.72. The van der Waals surface area contributed by atoms with Crippen LogP contribution in [0.1, 0.15) is 26.5 Å². The molecule has 24 heavy (non-hydrogen) atoms. The van der Waals surface area contributed by atoms with Gasteiger partial charge in [0.1, 0.15) is 12.4 Å². The van der Waals surface area contributed by atoms with Crippen molar-refractivity contribution in [2.24, 2.45) is 0 Å². The Morgan fingerprint density at radius 2 is 1.88 bits per heavy atom. The third kappa shape index (κ3) is 3.97. The SMILES string of the molecule is Cc1ccc(OCc2nnc(NC(=O)c3ccccc3)s2)cc1C. The Bertz CT molecular complexity index is 846. The molecule has 0 aliphatic rings. The number of rotatable bonds is 5. The van der Waals surface area contributed by atoms with Crippen LogP contribution in [0.25, 0.3) is 0 Å². The van der Waals surface area contributed by atoms with Crippen molar-refractivity contribution in [3.63, 3.8) is 0 Å². The smallest absolute Gasteiger partial charge is 0.257 e. The minimum atomic E-state index is -0.201. The molecule has 3 rings (SSSR count). The average Bonchev–Trinajstić information content (AvgIpc) is 3.04. The average molecular weight is 339 g/mol. The van der Waals surface area contributed by atoms with Gasteiger partial charge in [-0.2, -0.15) is 0 Å². The highest BCUT2D eigenvalue weighted by Gasteiger charge is 2.10. The van der Waals surface area contributed by atoms with Crippen molar-refractivity contribution in [2.45, 2.75) is 20.5 Å². The lowest BCUT2D eigenvalue weighted by Crippen LogP contribution is -2.11. The predicted molar refractivity (Wildman–Crippen MR) is 94.6 cm³/mol. The second-order valence-corrected chi connectivity index (χ2v) is 6.42. The number of aromatic nitrogens is 2. The van der Waals surface area contributed by atoms with Gasteiger partial charge >= 0.3 is 0 Å². The van der Waals surface area contributed by atoms with Crippen molar-refractivity contribution in [3.05, 3.63) is 70.2 Å². The molecule has 0 saturated carbocycles. The van der Waals surface area contributed by atoms with Crippen LogP contribution in [0, 0.1) is 13.8 Å². The third-order valence-corrected chi connectivity index (χ3v) is 4.38. The zero-order valence-corrected chi connectivity index (χ0v) is 14.3. The number of anilines is 1. The maximum absolute atomic E-state index is 12.1. The van der Waals surface area contributed by atoms with Crippen LogP contribution in [0.2, 0.25) is 0 Å². The molecule has 0 saturated heterocycles. The lowest BCUT2D eigenvalue weighted by atomic mass is 10.1. The zero-order valence-electron chi connectivity index (χ0n) is 13.4. The highest BCUT2D eigenvalue weighted by molar-refractivity contribution is 7.15. The second kappa shape index (κ2) is 7.23. The fraction of sp³-hybridized carbons (Fsp3) is 0.167. The van der Waals surface area contributed by atoms with Gasteiger partial charge in [-0.05, 0) is 49.2 Å². The number of aryl methyl sites for hydroxylation is 2. The Morgan fingerprint density at radius 1 is 1.08 bits per heavy atom. The van der Waals surface area contributed by atoms with Crippen LogP contribution in [0.4, 0.5) is 5.13 Å². The van der Waals surface area contributed by atoms with Crippen LogP contribution in [0.15, 0.2) is 48.5 Å². The van der Waals surface area contributed by atoms with Gasteiger partial charge in [-0.1, -0.05) is 35.6 Å². The number of carbonyl (C=O) groups is 1. The molecule has 5 nitrogen and oxygen atoms in total. The molecule has 0 atom stereocenters. The first-order chi connectivity index (χ1) is 11.6. The van der Waals surface area contributed by atoms with Crippen molar-refractivity contribution in [1.82, 2.24) is 10.2 Å². The highest BCUT2D eigenvalue weighted by atomic mass is 32.1. The van der Waals surface area contributed by atoms with Crippen molar-refractivity contribution in [2.75, 3.05) is 5.32 Å². The van der Waals surface area contributed by atoms with Crippen molar-refractivity contribution >= 4 is 22.4 Å². The molecule has 0 unspecified atom stereocenters. The fourth-order valence-electron chi connectivity index (χ4n) is 2.07. The number of ether oxygens (including phenoxy) is 1. The van der Waals surface area contributed by atoms with Crippen LogP contribution in [0.3, 0.4) is 0 Å². The summed E-state index contributed by atoms with van der Waals surface area (Å²) in [5.74, 6) is 0.594. The monoisotopic (exact) mass is 339 g/mol. The molecular formula is C18H17N3O2S. The minimum Gasteiger partial charge on any atom is -0.486 e. The third-order valence-electron chi connectivity index (χ3n) is 3.56. The molecule has 1 N–H and O–H groups in total. The number of hydrogen-bond acceptors (Lipinski definition) is 5. The van der Waals surface area contributed by atoms with E-state index in [1.54, 1.807) is 12.1 Å². The Morgan fingerprint density at radius 3 is 2.62 bits per heavy atom. The molecule has 0 bridgehead atoms. The maximum atomic E-state index is 12.1. The Kier molecular flexibility index (Phi) is 4.86. The topological polar surface area (TPSA) is 64.1 Å². The highest BCUT2D eigenvalue weighted by Crippen LogP contribution is 2.20. The summed E-state index contributed by atoms with van der Waals surface area (Å²) in [4.78, 5) is 12.1. The molecule has 0 radical (unpaired) electrons. The predicted octanol–water partition coefficient (Wildman–Crippen LogP) is 3.99. The molecule has 1 aromatic heterocycles. The first kappa shape index (κ1) is 16.1. The van der Waals surface area contributed by atoms with Crippen molar-refractivity contribution < 1.29 is 9.53 Å². The number of nitrogens with one attached hydrogen (secondary N) is 1. The van der Waals surface area contributed by atoms with E-state index in [4.69, 9.17) is 4.74 Å². The van der Waals surface area contributed by atoms with E-state index in [1.165, 1.54) is 22.5 Å². The standard InChI is InChI=1S/C18H17N3O2S/c1-12-8-9-15(10-13(12)2)23-11-16-20-21-18(24-16)19-17(22)14-6-4-3-5-7-14/h3-10H,11H2,1-2H3,(H,19,21,22). The van der Waals surface area contributed by atoms with Crippen LogP contribution >= 0.6 is 11.3 Å². The van der Waals surface area contributed by atoms with Crippen molar-refractivity contribution in [3.8, 4) is 5.75 Å². The van der Waals surface area contributed by atoms with E-state index < -0.39 is 0 Å². The van der Waals surface area contributed by atoms with Crippen LogP contribution < -0.4 is 10.1 Å². The number of amides is 1. The van der Waals surface area contributed by atoms with E-state index in [1.807, 2.05) is 43.3 Å². The molecule has 1 amide bonds. The van der Waals surface area contributed by atoms with Crippen LogP contribution in [-0.4, -0.2) is 16.1 Å². The zero-order chi connectivity index (χ0) is 16.9. The molecular weight excluding hydrogens is 322 g/mol. The van der Waals surface area contributed by atoms with Gasteiger partial charge in [0.15, 0.2) is 5.01 Å². The Hall–Kier alpha value is -2.73.